The highest BCUT2D eigenvalue weighted by atomic mass is 35.5. The zero-order chi connectivity index (χ0) is 19.0. The Balaban J connectivity index is 1.71. The molecule has 0 saturated heterocycles. The smallest absolute Gasteiger partial charge is 0.256 e. The Morgan fingerprint density at radius 2 is 1.81 bits per heavy atom. The predicted molar refractivity (Wildman–Crippen MR) is 105 cm³/mol. The minimum absolute atomic E-state index is 0.0735. The summed E-state index contributed by atoms with van der Waals surface area (Å²) in [4.78, 5) is 14.7. The van der Waals surface area contributed by atoms with Crippen LogP contribution in [0, 0.1) is 12.7 Å². The lowest BCUT2D eigenvalue weighted by Gasteiger charge is -2.27. The number of carbonyl (C=O) groups excluding carboxylic acids is 1. The predicted octanol–water partition coefficient (Wildman–Crippen LogP) is 5.55. The van der Waals surface area contributed by atoms with Crippen molar-refractivity contribution in [2.24, 2.45) is 0 Å². The van der Waals surface area contributed by atoms with Crippen LogP contribution in [-0.2, 0) is 6.54 Å². The molecule has 3 aromatic rings. The molecule has 0 bridgehead atoms. The van der Waals surface area contributed by atoms with E-state index in [9.17, 15) is 9.18 Å². The Hall–Kier alpha value is -2.85. The largest absolute Gasteiger partial charge is 0.361 e. The number of halogens is 2. The summed E-state index contributed by atoms with van der Waals surface area (Å²) in [5.41, 5.74) is 3.58. The third-order valence-corrected chi connectivity index (χ3v) is 5.20. The molecule has 3 aromatic carbocycles. The van der Waals surface area contributed by atoms with Crippen LogP contribution in [0.25, 0.3) is 0 Å². The highest BCUT2D eigenvalue weighted by Gasteiger charge is 2.36. The van der Waals surface area contributed by atoms with E-state index in [4.69, 9.17) is 11.6 Å². The average molecular weight is 381 g/mol. The number of hydrogen-bond acceptors (Lipinski definition) is 2. The number of fused-ring (bicyclic) bond motifs is 1. The molecule has 0 unspecified atom stereocenters. The van der Waals surface area contributed by atoms with Crippen molar-refractivity contribution in [2.45, 2.75) is 19.6 Å². The van der Waals surface area contributed by atoms with E-state index < -0.39 is 6.17 Å². The standard InChI is InChI=1S/C22H18ClFN2O/c1-14-10-11-16(12-20(14)24)25-21-17-7-3-4-8-18(17)22(27)26(21)13-15-6-2-5-9-19(15)23/h2-12,21,25H,13H2,1H3/t21-/m1/s1. The van der Waals surface area contributed by atoms with Gasteiger partial charge in [-0.1, -0.05) is 54.1 Å². The van der Waals surface area contributed by atoms with Crippen LogP contribution in [0.1, 0.15) is 33.2 Å². The molecule has 0 aromatic heterocycles. The van der Waals surface area contributed by atoms with E-state index in [0.717, 1.165) is 11.1 Å². The van der Waals surface area contributed by atoms with E-state index in [2.05, 4.69) is 5.32 Å². The first kappa shape index (κ1) is 17.6. The van der Waals surface area contributed by atoms with Gasteiger partial charge in [0.1, 0.15) is 12.0 Å². The molecule has 1 amide bonds. The second kappa shape index (κ2) is 7.05. The van der Waals surface area contributed by atoms with Gasteiger partial charge in [0.05, 0.1) is 0 Å². The summed E-state index contributed by atoms with van der Waals surface area (Å²) in [6, 6.07) is 19.9. The fourth-order valence-corrected chi connectivity index (χ4v) is 3.53. The highest BCUT2D eigenvalue weighted by molar-refractivity contribution is 6.31. The summed E-state index contributed by atoms with van der Waals surface area (Å²) in [6.45, 7) is 2.08. The van der Waals surface area contributed by atoms with E-state index in [1.54, 1.807) is 17.9 Å². The van der Waals surface area contributed by atoms with Crippen LogP contribution < -0.4 is 5.32 Å². The van der Waals surface area contributed by atoms with Crippen LogP contribution in [0.2, 0.25) is 5.02 Å². The molecule has 0 saturated carbocycles. The van der Waals surface area contributed by atoms with Crippen LogP contribution >= 0.6 is 11.6 Å². The maximum absolute atomic E-state index is 14.0. The Bertz CT molecular complexity index is 1020. The normalized spacial score (nSPS) is 15.7. The van der Waals surface area contributed by atoms with Crippen molar-refractivity contribution in [1.82, 2.24) is 4.90 Å². The third-order valence-electron chi connectivity index (χ3n) is 4.83. The molecule has 5 heteroatoms. The number of aryl methyl sites for hydroxylation is 1. The molecule has 3 nitrogen and oxygen atoms in total. The van der Waals surface area contributed by atoms with Gasteiger partial charge in [-0.2, -0.15) is 0 Å². The Labute approximate surface area is 162 Å². The van der Waals surface area contributed by atoms with Crippen LogP contribution in [0.3, 0.4) is 0 Å². The van der Waals surface area contributed by atoms with Gasteiger partial charge in [-0.15, -0.1) is 0 Å². The van der Waals surface area contributed by atoms with Gasteiger partial charge in [0.25, 0.3) is 5.91 Å². The number of nitrogens with one attached hydrogen (secondary N) is 1. The van der Waals surface area contributed by atoms with Crippen molar-refractivity contribution in [3.63, 3.8) is 0 Å². The minimum atomic E-state index is -0.396. The number of hydrogen-bond donors (Lipinski definition) is 1. The summed E-state index contributed by atoms with van der Waals surface area (Å²) < 4.78 is 14.0. The Morgan fingerprint density at radius 1 is 1.07 bits per heavy atom. The van der Waals surface area contributed by atoms with Gasteiger partial charge in [-0.05, 0) is 42.3 Å². The number of rotatable bonds is 4. The Morgan fingerprint density at radius 3 is 2.59 bits per heavy atom. The minimum Gasteiger partial charge on any atom is -0.361 e. The molecule has 0 aliphatic carbocycles. The summed E-state index contributed by atoms with van der Waals surface area (Å²) in [6.07, 6.45) is -0.396. The lowest BCUT2D eigenvalue weighted by molar-refractivity contribution is 0.0729. The van der Waals surface area contributed by atoms with Gasteiger partial charge in [0, 0.05) is 28.4 Å². The first-order valence-corrected chi connectivity index (χ1v) is 9.08. The lowest BCUT2D eigenvalue weighted by atomic mass is 10.1. The van der Waals surface area contributed by atoms with Gasteiger partial charge in [0.2, 0.25) is 0 Å². The van der Waals surface area contributed by atoms with Crippen molar-refractivity contribution in [2.75, 3.05) is 5.32 Å². The topological polar surface area (TPSA) is 32.3 Å². The van der Waals surface area contributed by atoms with Gasteiger partial charge in [-0.3, -0.25) is 4.79 Å². The lowest BCUT2D eigenvalue weighted by Crippen LogP contribution is -2.32. The second-order valence-corrected chi connectivity index (χ2v) is 7.03. The summed E-state index contributed by atoms with van der Waals surface area (Å²) >= 11 is 6.30. The number of benzene rings is 3. The van der Waals surface area contributed by atoms with Gasteiger partial charge >= 0.3 is 0 Å². The van der Waals surface area contributed by atoms with E-state index in [0.29, 0.717) is 28.4 Å². The van der Waals surface area contributed by atoms with Gasteiger partial charge in [-0.25, -0.2) is 4.39 Å². The van der Waals surface area contributed by atoms with E-state index in [-0.39, 0.29) is 11.7 Å². The number of carbonyl (C=O) groups is 1. The Kier molecular flexibility index (Phi) is 4.58. The van der Waals surface area contributed by atoms with E-state index in [1.165, 1.54) is 6.07 Å². The highest BCUT2D eigenvalue weighted by Crippen LogP contribution is 2.36. The maximum atomic E-state index is 14.0. The van der Waals surface area contributed by atoms with Crippen LogP contribution in [0.5, 0.6) is 0 Å². The summed E-state index contributed by atoms with van der Waals surface area (Å²) in [5, 5.41) is 3.92. The van der Waals surface area contributed by atoms with Crippen LogP contribution in [-0.4, -0.2) is 10.8 Å². The first-order valence-electron chi connectivity index (χ1n) is 8.70. The maximum Gasteiger partial charge on any atom is 0.256 e. The summed E-state index contributed by atoms with van der Waals surface area (Å²) in [5.74, 6) is -0.356. The molecule has 1 aliphatic rings. The average Bonchev–Trinajstić information content (AvgIpc) is 2.92. The first-order chi connectivity index (χ1) is 13.0. The molecule has 1 N–H and O–H groups in total. The van der Waals surface area contributed by atoms with Crippen molar-refractivity contribution in [3.05, 3.63) is 99.8 Å². The van der Waals surface area contributed by atoms with Crippen LogP contribution in [0.4, 0.5) is 10.1 Å². The fourth-order valence-electron chi connectivity index (χ4n) is 3.34. The molecule has 136 valence electrons. The summed E-state index contributed by atoms with van der Waals surface area (Å²) in [7, 11) is 0. The number of anilines is 1. The van der Waals surface area contributed by atoms with E-state index in [1.807, 2.05) is 54.6 Å². The molecule has 1 aliphatic heterocycles. The molecule has 1 heterocycles. The molecule has 0 spiro atoms. The van der Waals surface area contributed by atoms with Crippen LogP contribution in [0.15, 0.2) is 66.7 Å². The zero-order valence-electron chi connectivity index (χ0n) is 14.7. The molecule has 4 rings (SSSR count). The molecular weight excluding hydrogens is 363 g/mol. The van der Waals surface area contributed by atoms with Crippen molar-refractivity contribution in [1.29, 1.82) is 0 Å². The SMILES string of the molecule is Cc1ccc(N[C@H]2c3ccccc3C(=O)N2Cc2ccccc2Cl)cc1F. The second-order valence-electron chi connectivity index (χ2n) is 6.62. The third kappa shape index (κ3) is 3.28. The zero-order valence-corrected chi connectivity index (χ0v) is 15.5. The molecule has 0 radical (unpaired) electrons. The molecular formula is C22H18ClFN2O. The molecule has 27 heavy (non-hydrogen) atoms. The monoisotopic (exact) mass is 380 g/mol. The van der Waals surface area contributed by atoms with Gasteiger partial charge < -0.3 is 10.2 Å². The van der Waals surface area contributed by atoms with Crippen molar-refractivity contribution in [3.8, 4) is 0 Å². The van der Waals surface area contributed by atoms with Gasteiger partial charge in [0.15, 0.2) is 0 Å². The number of amides is 1. The molecule has 1 atom stereocenters. The van der Waals surface area contributed by atoms with Crippen molar-refractivity contribution >= 4 is 23.2 Å². The quantitative estimate of drug-likeness (QED) is 0.643. The van der Waals surface area contributed by atoms with Crippen molar-refractivity contribution < 1.29 is 9.18 Å². The molecule has 0 fully saturated rings. The van der Waals surface area contributed by atoms with E-state index >= 15 is 0 Å². The number of nitrogens with zero attached hydrogens (tertiary/aromatic N) is 1. The fraction of sp³-hybridized carbons (Fsp3) is 0.136.